The first-order valence-electron chi connectivity index (χ1n) is 6.75. The maximum absolute atomic E-state index is 14.2. The highest BCUT2D eigenvalue weighted by atomic mass is 19.1. The number of ether oxygens (including phenoxy) is 2. The summed E-state index contributed by atoms with van der Waals surface area (Å²) >= 11 is 0. The highest BCUT2D eigenvalue weighted by molar-refractivity contribution is 6.06. The van der Waals surface area contributed by atoms with Crippen LogP contribution < -0.4 is 4.74 Å². The third kappa shape index (κ3) is 2.45. The highest BCUT2D eigenvalue weighted by Crippen LogP contribution is 2.37. The number of hydrogen-bond donors (Lipinski definition) is 0. The molecule has 0 saturated heterocycles. The fourth-order valence-corrected chi connectivity index (χ4v) is 2.40. The van der Waals surface area contributed by atoms with Gasteiger partial charge in [0.15, 0.2) is 5.75 Å². The van der Waals surface area contributed by atoms with Crippen LogP contribution in [0.15, 0.2) is 42.5 Å². The van der Waals surface area contributed by atoms with E-state index in [1.807, 2.05) is 0 Å². The first-order chi connectivity index (χ1) is 10.6. The molecule has 0 atom stereocenters. The minimum Gasteiger partial charge on any atom is -0.434 e. The lowest BCUT2D eigenvalue weighted by molar-refractivity contribution is 0.105. The summed E-state index contributed by atoms with van der Waals surface area (Å²) in [4.78, 5) is 11.6. The van der Waals surface area contributed by atoms with Gasteiger partial charge < -0.3 is 9.47 Å². The van der Waals surface area contributed by atoms with E-state index in [-0.39, 0.29) is 17.7 Å². The molecule has 0 N–H and O–H groups in total. The molecule has 0 unspecified atom stereocenters. The molecule has 0 aliphatic heterocycles. The Morgan fingerprint density at radius 1 is 1.09 bits per heavy atom. The molecule has 0 amide bonds. The zero-order valence-corrected chi connectivity index (χ0v) is 11.7. The molecular formula is C17H12F2O3. The van der Waals surface area contributed by atoms with Crippen molar-refractivity contribution in [2.45, 2.75) is 6.92 Å². The quantitative estimate of drug-likeness (QED) is 0.387. The molecule has 5 heteroatoms. The Bertz CT molecular complexity index is 874. The number of rotatable bonds is 2. The van der Waals surface area contributed by atoms with Gasteiger partial charge in [-0.1, -0.05) is 12.1 Å². The normalized spacial score (nSPS) is 10.9. The standard InChI is InChI=1S/C17H12F2O3/c1-2-21-17(20)22-16-13-7-6-12(18)9-11(13)8-10-4-3-5-14(19)15(10)16/h3-9H,2H2,1H3. The summed E-state index contributed by atoms with van der Waals surface area (Å²) < 4.78 is 37.5. The molecule has 22 heavy (non-hydrogen) atoms. The van der Waals surface area contributed by atoms with E-state index in [9.17, 15) is 13.6 Å². The predicted octanol–water partition coefficient (Wildman–Crippen LogP) is 4.81. The van der Waals surface area contributed by atoms with E-state index in [1.165, 1.54) is 30.3 Å². The van der Waals surface area contributed by atoms with Crippen LogP contribution in [0.3, 0.4) is 0 Å². The Morgan fingerprint density at radius 3 is 2.68 bits per heavy atom. The van der Waals surface area contributed by atoms with Crippen molar-refractivity contribution in [2.75, 3.05) is 6.61 Å². The molecular weight excluding hydrogens is 290 g/mol. The summed E-state index contributed by atoms with van der Waals surface area (Å²) in [5, 5.41) is 1.62. The third-order valence-electron chi connectivity index (χ3n) is 3.29. The average molecular weight is 302 g/mol. The summed E-state index contributed by atoms with van der Waals surface area (Å²) in [6.45, 7) is 1.77. The van der Waals surface area contributed by atoms with E-state index in [1.54, 1.807) is 19.1 Å². The van der Waals surface area contributed by atoms with E-state index in [0.717, 1.165) is 0 Å². The van der Waals surface area contributed by atoms with Crippen LogP contribution in [0.4, 0.5) is 13.6 Å². The van der Waals surface area contributed by atoms with Crippen LogP contribution in [-0.2, 0) is 4.74 Å². The second-order valence-electron chi connectivity index (χ2n) is 4.69. The Hall–Kier alpha value is -2.69. The Balaban J connectivity index is 2.33. The fraction of sp³-hybridized carbons (Fsp3) is 0.118. The molecule has 0 aromatic heterocycles. The second kappa shape index (κ2) is 5.60. The molecule has 0 heterocycles. The lowest BCUT2D eigenvalue weighted by Gasteiger charge is -2.12. The van der Waals surface area contributed by atoms with Gasteiger partial charge in [-0.05, 0) is 48.0 Å². The molecule has 3 aromatic rings. The molecule has 3 nitrogen and oxygen atoms in total. The molecule has 0 aliphatic carbocycles. The van der Waals surface area contributed by atoms with Gasteiger partial charge >= 0.3 is 6.16 Å². The van der Waals surface area contributed by atoms with E-state index >= 15 is 0 Å². The number of benzene rings is 3. The number of hydrogen-bond acceptors (Lipinski definition) is 3. The largest absolute Gasteiger partial charge is 0.513 e. The van der Waals surface area contributed by atoms with Crippen molar-refractivity contribution < 1.29 is 23.0 Å². The van der Waals surface area contributed by atoms with Crippen LogP contribution in [0.5, 0.6) is 5.75 Å². The van der Waals surface area contributed by atoms with Gasteiger partial charge in [-0.15, -0.1) is 0 Å². The van der Waals surface area contributed by atoms with E-state index in [0.29, 0.717) is 16.2 Å². The molecule has 0 spiro atoms. The van der Waals surface area contributed by atoms with E-state index < -0.39 is 17.8 Å². The van der Waals surface area contributed by atoms with Gasteiger partial charge in [0.2, 0.25) is 0 Å². The van der Waals surface area contributed by atoms with Crippen LogP contribution >= 0.6 is 0 Å². The summed E-state index contributed by atoms with van der Waals surface area (Å²) in [7, 11) is 0. The minimum atomic E-state index is -0.927. The molecule has 0 fully saturated rings. The SMILES string of the molecule is CCOC(=O)Oc1c2ccc(F)cc2cc2cccc(F)c12. The summed E-state index contributed by atoms with van der Waals surface area (Å²) in [5.41, 5.74) is 0. The van der Waals surface area contributed by atoms with Gasteiger partial charge in [0, 0.05) is 5.39 Å². The van der Waals surface area contributed by atoms with Gasteiger partial charge in [-0.3, -0.25) is 0 Å². The first kappa shape index (κ1) is 14.3. The lowest BCUT2D eigenvalue weighted by atomic mass is 10.0. The average Bonchev–Trinajstić information content (AvgIpc) is 2.46. The second-order valence-corrected chi connectivity index (χ2v) is 4.69. The zero-order chi connectivity index (χ0) is 15.7. The third-order valence-corrected chi connectivity index (χ3v) is 3.29. The zero-order valence-electron chi connectivity index (χ0n) is 11.7. The van der Waals surface area contributed by atoms with E-state index in [2.05, 4.69) is 0 Å². The minimum absolute atomic E-state index is 0.0315. The maximum Gasteiger partial charge on any atom is 0.513 e. The van der Waals surface area contributed by atoms with Gasteiger partial charge in [0.1, 0.15) is 11.6 Å². The van der Waals surface area contributed by atoms with Gasteiger partial charge in [0.25, 0.3) is 0 Å². The van der Waals surface area contributed by atoms with Crippen molar-refractivity contribution in [3.05, 3.63) is 54.1 Å². The lowest BCUT2D eigenvalue weighted by Crippen LogP contribution is -2.11. The topological polar surface area (TPSA) is 35.5 Å². The van der Waals surface area contributed by atoms with Crippen LogP contribution in [0, 0.1) is 11.6 Å². The summed E-state index contributed by atoms with van der Waals surface area (Å²) in [5.74, 6) is -0.919. The molecule has 0 saturated carbocycles. The van der Waals surface area contributed by atoms with Crippen molar-refractivity contribution in [3.8, 4) is 5.75 Å². The molecule has 0 aliphatic rings. The van der Waals surface area contributed by atoms with Crippen molar-refractivity contribution in [1.82, 2.24) is 0 Å². The molecule has 0 radical (unpaired) electrons. The monoisotopic (exact) mass is 302 g/mol. The van der Waals surface area contributed by atoms with E-state index in [4.69, 9.17) is 9.47 Å². The van der Waals surface area contributed by atoms with Crippen LogP contribution in [0.2, 0.25) is 0 Å². The Kier molecular flexibility index (Phi) is 3.63. The number of carbonyl (C=O) groups is 1. The van der Waals surface area contributed by atoms with Crippen LogP contribution in [0.1, 0.15) is 6.92 Å². The Morgan fingerprint density at radius 2 is 1.91 bits per heavy atom. The van der Waals surface area contributed by atoms with Crippen LogP contribution in [0.25, 0.3) is 21.5 Å². The van der Waals surface area contributed by atoms with Crippen molar-refractivity contribution in [3.63, 3.8) is 0 Å². The summed E-state index contributed by atoms with van der Waals surface area (Å²) in [6.07, 6.45) is -0.927. The van der Waals surface area contributed by atoms with Crippen molar-refractivity contribution >= 4 is 27.7 Å². The number of fused-ring (bicyclic) bond motifs is 2. The van der Waals surface area contributed by atoms with Gasteiger partial charge in [0.05, 0.1) is 12.0 Å². The highest BCUT2D eigenvalue weighted by Gasteiger charge is 2.17. The van der Waals surface area contributed by atoms with Crippen molar-refractivity contribution in [1.29, 1.82) is 0 Å². The van der Waals surface area contributed by atoms with Crippen molar-refractivity contribution in [2.24, 2.45) is 0 Å². The molecule has 3 aromatic carbocycles. The fourth-order valence-electron chi connectivity index (χ4n) is 2.40. The predicted molar refractivity (Wildman–Crippen MR) is 79.0 cm³/mol. The number of halogens is 2. The Labute approximate surface area is 125 Å². The maximum atomic E-state index is 14.2. The summed E-state index contributed by atoms with van der Waals surface area (Å²) in [6, 6.07) is 10.1. The van der Waals surface area contributed by atoms with Crippen LogP contribution in [-0.4, -0.2) is 12.8 Å². The first-order valence-corrected chi connectivity index (χ1v) is 6.75. The molecule has 0 bridgehead atoms. The van der Waals surface area contributed by atoms with Gasteiger partial charge in [-0.25, -0.2) is 13.6 Å². The number of carbonyl (C=O) groups excluding carboxylic acids is 1. The van der Waals surface area contributed by atoms with Gasteiger partial charge in [-0.2, -0.15) is 0 Å². The molecule has 3 rings (SSSR count). The molecule has 112 valence electrons. The smallest absolute Gasteiger partial charge is 0.434 e.